The Morgan fingerprint density at radius 3 is 2.36 bits per heavy atom. The van der Waals surface area contributed by atoms with E-state index in [2.05, 4.69) is 36.5 Å². The van der Waals surface area contributed by atoms with Crippen LogP contribution in [-0.2, 0) is 12.7 Å². The monoisotopic (exact) mass is 374 g/mol. The summed E-state index contributed by atoms with van der Waals surface area (Å²) in [5.41, 5.74) is -0.0443. The van der Waals surface area contributed by atoms with Gasteiger partial charge in [0.2, 0.25) is 5.95 Å². The fraction of sp³-hybridized carbons (Fsp3) is 0.286. The average Bonchev–Trinajstić information content (AvgIpc) is 2.46. The standard InChI is InChI=1S/C14H14BrF3N4/c1-2-19-13-21-11(14(16,17)18)7-12(22-13)20-8-9-3-5-10(15)6-4-9/h3-7H,2,8H2,1H3,(H2,19,20,21,22). The molecule has 0 saturated heterocycles. The van der Waals surface area contributed by atoms with Crippen molar-refractivity contribution in [3.05, 3.63) is 46.1 Å². The van der Waals surface area contributed by atoms with Crippen molar-refractivity contribution in [1.29, 1.82) is 0 Å². The number of nitrogens with one attached hydrogen (secondary N) is 2. The highest BCUT2D eigenvalue weighted by Crippen LogP contribution is 2.29. The molecule has 0 spiro atoms. The molecule has 22 heavy (non-hydrogen) atoms. The van der Waals surface area contributed by atoms with Crippen LogP contribution < -0.4 is 10.6 Å². The summed E-state index contributed by atoms with van der Waals surface area (Å²) in [6.45, 7) is 2.57. The third-order valence-corrected chi connectivity index (χ3v) is 3.27. The number of hydrogen-bond donors (Lipinski definition) is 2. The lowest BCUT2D eigenvalue weighted by atomic mass is 10.2. The van der Waals surface area contributed by atoms with E-state index in [1.54, 1.807) is 6.92 Å². The molecule has 8 heteroatoms. The zero-order valence-corrected chi connectivity index (χ0v) is 13.3. The molecule has 1 heterocycles. The Balaban J connectivity index is 2.18. The van der Waals surface area contributed by atoms with Crippen LogP contribution in [0.4, 0.5) is 24.9 Å². The average molecular weight is 375 g/mol. The summed E-state index contributed by atoms with van der Waals surface area (Å²) in [6.07, 6.45) is -4.51. The maximum absolute atomic E-state index is 12.8. The number of alkyl halides is 3. The molecule has 2 aromatic rings. The Morgan fingerprint density at radius 2 is 1.77 bits per heavy atom. The van der Waals surface area contributed by atoms with E-state index in [0.29, 0.717) is 13.1 Å². The molecule has 0 fully saturated rings. The first-order valence-corrected chi connectivity index (χ1v) is 7.36. The molecule has 0 amide bonds. The van der Waals surface area contributed by atoms with Crippen LogP contribution in [0.15, 0.2) is 34.8 Å². The van der Waals surface area contributed by atoms with Gasteiger partial charge in [-0.25, -0.2) is 4.98 Å². The molecule has 0 saturated carbocycles. The Bertz CT molecular complexity index is 629. The van der Waals surface area contributed by atoms with Crippen LogP contribution in [-0.4, -0.2) is 16.5 Å². The maximum Gasteiger partial charge on any atom is 0.433 e. The largest absolute Gasteiger partial charge is 0.433 e. The first-order chi connectivity index (χ1) is 10.4. The summed E-state index contributed by atoms with van der Waals surface area (Å²) in [4.78, 5) is 7.49. The second kappa shape index (κ2) is 6.95. The highest BCUT2D eigenvalue weighted by atomic mass is 79.9. The number of nitrogens with zero attached hydrogens (tertiary/aromatic N) is 2. The first kappa shape index (κ1) is 16.5. The Hall–Kier alpha value is -1.83. The second-order valence-electron chi connectivity index (χ2n) is 4.47. The lowest BCUT2D eigenvalue weighted by Crippen LogP contribution is -2.14. The van der Waals surface area contributed by atoms with Gasteiger partial charge >= 0.3 is 6.18 Å². The molecule has 4 nitrogen and oxygen atoms in total. The van der Waals surface area contributed by atoms with Gasteiger partial charge in [0.15, 0.2) is 5.69 Å². The van der Waals surface area contributed by atoms with Gasteiger partial charge in [0.25, 0.3) is 0 Å². The zero-order chi connectivity index (χ0) is 16.2. The minimum absolute atomic E-state index is 0.0457. The van der Waals surface area contributed by atoms with Crippen LogP contribution >= 0.6 is 15.9 Å². The quantitative estimate of drug-likeness (QED) is 0.818. The van der Waals surface area contributed by atoms with Crippen LogP contribution in [0, 0.1) is 0 Å². The fourth-order valence-electron chi connectivity index (χ4n) is 1.72. The van der Waals surface area contributed by atoms with Crippen LogP contribution in [0.3, 0.4) is 0 Å². The van der Waals surface area contributed by atoms with Crippen LogP contribution in [0.2, 0.25) is 0 Å². The molecule has 0 aliphatic carbocycles. The number of anilines is 2. The van der Waals surface area contributed by atoms with E-state index in [-0.39, 0.29) is 11.8 Å². The summed E-state index contributed by atoms with van der Waals surface area (Å²) < 4.78 is 39.5. The van der Waals surface area contributed by atoms with Gasteiger partial charge in [-0.2, -0.15) is 18.2 Å². The summed E-state index contributed by atoms with van der Waals surface area (Å²) in [6, 6.07) is 8.37. The predicted octanol–water partition coefficient (Wildman–Crippen LogP) is 4.30. The molecule has 0 aliphatic rings. The van der Waals surface area contributed by atoms with Crippen molar-refractivity contribution in [2.45, 2.75) is 19.6 Å². The topological polar surface area (TPSA) is 49.8 Å². The number of benzene rings is 1. The molecule has 118 valence electrons. The van der Waals surface area contributed by atoms with Gasteiger partial charge in [0.1, 0.15) is 5.82 Å². The van der Waals surface area contributed by atoms with Crippen LogP contribution in [0.1, 0.15) is 18.2 Å². The minimum atomic E-state index is -4.51. The third kappa shape index (κ3) is 4.59. The van der Waals surface area contributed by atoms with Crippen molar-refractivity contribution >= 4 is 27.7 Å². The third-order valence-electron chi connectivity index (χ3n) is 2.74. The molecular formula is C14H14BrF3N4. The summed E-state index contributed by atoms with van der Waals surface area (Å²) in [5, 5.41) is 5.58. The summed E-state index contributed by atoms with van der Waals surface area (Å²) in [7, 11) is 0. The highest BCUT2D eigenvalue weighted by Gasteiger charge is 2.33. The Kier molecular flexibility index (Phi) is 5.23. The fourth-order valence-corrected chi connectivity index (χ4v) is 1.98. The van der Waals surface area contributed by atoms with Gasteiger partial charge in [0, 0.05) is 23.6 Å². The van der Waals surface area contributed by atoms with Crippen molar-refractivity contribution in [3.63, 3.8) is 0 Å². The number of aromatic nitrogens is 2. The molecule has 0 bridgehead atoms. The Labute approximate surface area is 134 Å². The smallest absolute Gasteiger partial charge is 0.366 e. The van der Waals surface area contributed by atoms with E-state index in [1.807, 2.05) is 24.3 Å². The van der Waals surface area contributed by atoms with Gasteiger partial charge in [-0.15, -0.1) is 0 Å². The molecule has 2 N–H and O–H groups in total. The molecule has 0 aliphatic heterocycles. The van der Waals surface area contributed by atoms with Crippen LogP contribution in [0.5, 0.6) is 0 Å². The van der Waals surface area contributed by atoms with Crippen molar-refractivity contribution in [2.24, 2.45) is 0 Å². The lowest BCUT2D eigenvalue weighted by molar-refractivity contribution is -0.141. The predicted molar refractivity (Wildman–Crippen MR) is 82.7 cm³/mol. The highest BCUT2D eigenvalue weighted by molar-refractivity contribution is 9.10. The van der Waals surface area contributed by atoms with Gasteiger partial charge in [0.05, 0.1) is 0 Å². The normalized spacial score (nSPS) is 11.3. The second-order valence-corrected chi connectivity index (χ2v) is 5.39. The van der Waals surface area contributed by atoms with E-state index in [9.17, 15) is 13.2 Å². The van der Waals surface area contributed by atoms with E-state index in [4.69, 9.17) is 0 Å². The lowest BCUT2D eigenvalue weighted by Gasteiger charge is -2.12. The van der Waals surface area contributed by atoms with E-state index >= 15 is 0 Å². The summed E-state index contributed by atoms with van der Waals surface area (Å²) >= 11 is 3.33. The zero-order valence-electron chi connectivity index (χ0n) is 11.7. The number of halogens is 4. The van der Waals surface area contributed by atoms with E-state index in [0.717, 1.165) is 16.1 Å². The first-order valence-electron chi connectivity index (χ1n) is 6.57. The maximum atomic E-state index is 12.8. The van der Waals surface area contributed by atoms with Gasteiger partial charge < -0.3 is 10.6 Å². The van der Waals surface area contributed by atoms with Crippen molar-refractivity contribution in [1.82, 2.24) is 9.97 Å². The van der Waals surface area contributed by atoms with Gasteiger partial charge in [-0.05, 0) is 24.6 Å². The molecule has 0 radical (unpaired) electrons. The number of hydrogen-bond acceptors (Lipinski definition) is 4. The Morgan fingerprint density at radius 1 is 1.09 bits per heavy atom. The van der Waals surface area contributed by atoms with Gasteiger partial charge in [-0.1, -0.05) is 28.1 Å². The molecule has 1 aromatic carbocycles. The molecule has 2 rings (SSSR count). The minimum Gasteiger partial charge on any atom is -0.366 e. The molecule has 1 aromatic heterocycles. The molecule has 0 atom stereocenters. The summed E-state index contributed by atoms with van der Waals surface area (Å²) in [5.74, 6) is 0.0804. The van der Waals surface area contributed by atoms with E-state index in [1.165, 1.54) is 0 Å². The molecular weight excluding hydrogens is 361 g/mol. The molecule has 0 unspecified atom stereocenters. The SMILES string of the molecule is CCNc1nc(NCc2ccc(Br)cc2)cc(C(F)(F)F)n1. The van der Waals surface area contributed by atoms with Crippen molar-refractivity contribution in [3.8, 4) is 0 Å². The van der Waals surface area contributed by atoms with Crippen molar-refractivity contribution < 1.29 is 13.2 Å². The van der Waals surface area contributed by atoms with E-state index < -0.39 is 11.9 Å². The number of rotatable bonds is 5. The van der Waals surface area contributed by atoms with Gasteiger partial charge in [-0.3, -0.25) is 0 Å². The van der Waals surface area contributed by atoms with Crippen LogP contribution in [0.25, 0.3) is 0 Å². The van der Waals surface area contributed by atoms with Crippen molar-refractivity contribution in [2.75, 3.05) is 17.2 Å².